The van der Waals surface area contributed by atoms with Gasteiger partial charge >= 0.3 is 5.97 Å². The molecule has 12 heteroatoms. The first-order chi connectivity index (χ1) is 19.7. The number of amides is 2. The van der Waals surface area contributed by atoms with E-state index in [0.29, 0.717) is 53.4 Å². The topological polar surface area (TPSA) is 141 Å². The molecule has 2 atom stereocenters. The molecule has 0 bridgehead atoms. The molecule has 3 rings (SSSR count). The summed E-state index contributed by atoms with van der Waals surface area (Å²) in [6, 6.07) is 5.54. The van der Waals surface area contributed by atoms with E-state index in [1.165, 1.54) is 34.3 Å². The fourth-order valence-electron chi connectivity index (χ4n) is 4.87. The van der Waals surface area contributed by atoms with Crippen LogP contribution in [0.1, 0.15) is 36.9 Å². The molecule has 0 unspecified atom stereocenters. The lowest BCUT2D eigenvalue weighted by Crippen LogP contribution is -2.43. The molecule has 0 saturated heterocycles. The number of carbonyl (C=O) groups excluding carboxylic acids is 3. The first kappa shape index (κ1) is 31.6. The standard InChI is InChI=1S/C29H37N3O8S/c1-16(33)31-20-9-7-17-13-24(37-2)27(39-4)28(40-5)26(17)18-8-10-21(23(34)14-19(18)20)32-22(11-12-41-6)29(36)30-15-25(35)38-3/h8,10,13-14,20,22H,7,9,11-12,15H2,1-6H3,(H,30,36)(H,31,33)(H,32,34)/t20-,22-/m0/s1. The molecule has 0 aliphatic heterocycles. The second-order valence-corrected chi connectivity index (χ2v) is 10.4. The van der Waals surface area contributed by atoms with Gasteiger partial charge in [-0.15, -0.1) is 0 Å². The van der Waals surface area contributed by atoms with Gasteiger partial charge < -0.3 is 34.9 Å². The molecule has 0 fully saturated rings. The highest BCUT2D eigenvalue weighted by Crippen LogP contribution is 2.50. The predicted molar refractivity (Wildman–Crippen MR) is 158 cm³/mol. The van der Waals surface area contributed by atoms with Gasteiger partial charge in [0.15, 0.2) is 11.5 Å². The van der Waals surface area contributed by atoms with E-state index in [-0.39, 0.29) is 23.6 Å². The summed E-state index contributed by atoms with van der Waals surface area (Å²) in [6.07, 6.45) is 3.43. The second-order valence-electron chi connectivity index (χ2n) is 9.37. The fraction of sp³-hybridized carbons (Fsp3) is 0.448. The summed E-state index contributed by atoms with van der Waals surface area (Å²) < 4.78 is 21.6. The predicted octanol–water partition coefficient (Wildman–Crippen LogP) is 2.69. The Bertz CT molecular complexity index is 1350. The van der Waals surface area contributed by atoms with E-state index >= 15 is 0 Å². The highest BCUT2D eigenvalue weighted by atomic mass is 32.2. The van der Waals surface area contributed by atoms with Crippen molar-refractivity contribution in [2.45, 2.75) is 38.3 Å². The Balaban J connectivity index is 2.18. The van der Waals surface area contributed by atoms with E-state index in [1.807, 2.05) is 12.3 Å². The lowest BCUT2D eigenvalue weighted by Gasteiger charge is -2.19. The quantitative estimate of drug-likeness (QED) is 0.318. The number of anilines is 1. The number of benzene rings is 1. The van der Waals surface area contributed by atoms with Crippen molar-refractivity contribution in [3.63, 3.8) is 0 Å². The highest BCUT2D eigenvalue weighted by Gasteiger charge is 2.30. The van der Waals surface area contributed by atoms with Crippen LogP contribution in [0.15, 0.2) is 29.1 Å². The number of fused-ring (bicyclic) bond motifs is 3. The fourth-order valence-corrected chi connectivity index (χ4v) is 5.35. The van der Waals surface area contributed by atoms with Crippen LogP contribution < -0.4 is 35.6 Å². The third kappa shape index (κ3) is 7.43. The van der Waals surface area contributed by atoms with Crippen molar-refractivity contribution < 1.29 is 33.3 Å². The van der Waals surface area contributed by atoms with Crippen molar-refractivity contribution in [1.82, 2.24) is 10.6 Å². The van der Waals surface area contributed by atoms with E-state index in [9.17, 15) is 19.2 Å². The molecule has 1 aliphatic rings. The average molecular weight is 588 g/mol. The lowest BCUT2D eigenvalue weighted by molar-refractivity contribution is -0.141. The summed E-state index contributed by atoms with van der Waals surface area (Å²) in [4.78, 5) is 50.3. The molecule has 2 aromatic rings. The van der Waals surface area contributed by atoms with E-state index < -0.39 is 24.0 Å². The maximum atomic E-state index is 13.6. The molecule has 41 heavy (non-hydrogen) atoms. The number of hydrogen-bond donors (Lipinski definition) is 3. The Morgan fingerprint density at radius 3 is 2.39 bits per heavy atom. The number of ether oxygens (including phenoxy) is 4. The van der Waals surface area contributed by atoms with E-state index in [4.69, 9.17) is 14.2 Å². The zero-order chi connectivity index (χ0) is 30.1. The first-order valence-electron chi connectivity index (χ1n) is 13.1. The minimum atomic E-state index is -0.778. The zero-order valence-electron chi connectivity index (χ0n) is 24.2. The van der Waals surface area contributed by atoms with Crippen LogP contribution >= 0.6 is 11.8 Å². The Kier molecular flexibility index (Phi) is 11.3. The van der Waals surface area contributed by atoms with Crippen molar-refractivity contribution in [2.75, 3.05) is 52.3 Å². The SMILES string of the molecule is COC(=O)CNC(=O)[C@H](CCSC)Nc1ccc2c(cc1=O)[C@@H](NC(C)=O)CCc1cc(OC)c(OC)c(OC)c1-2. The van der Waals surface area contributed by atoms with Crippen LogP contribution in [-0.2, 0) is 25.5 Å². The smallest absolute Gasteiger partial charge is 0.325 e. The third-order valence-corrected chi connectivity index (χ3v) is 7.45. The van der Waals surface area contributed by atoms with Gasteiger partial charge in [0.1, 0.15) is 12.6 Å². The second kappa shape index (κ2) is 14.6. The van der Waals surface area contributed by atoms with Gasteiger partial charge in [-0.3, -0.25) is 19.2 Å². The minimum Gasteiger partial charge on any atom is -0.493 e. The highest BCUT2D eigenvalue weighted by molar-refractivity contribution is 7.98. The molecule has 0 spiro atoms. The molecule has 222 valence electrons. The molecule has 3 N–H and O–H groups in total. The summed E-state index contributed by atoms with van der Waals surface area (Å²) in [6.45, 7) is 1.15. The number of thioether (sulfide) groups is 1. The van der Waals surface area contributed by atoms with Crippen molar-refractivity contribution in [3.05, 3.63) is 45.6 Å². The Labute approximate surface area is 243 Å². The molecule has 0 saturated carbocycles. The minimum absolute atomic E-state index is 0.194. The third-order valence-electron chi connectivity index (χ3n) is 6.81. The van der Waals surface area contributed by atoms with Crippen molar-refractivity contribution in [1.29, 1.82) is 0 Å². The number of esters is 1. The largest absolute Gasteiger partial charge is 0.493 e. The van der Waals surface area contributed by atoms with Crippen LogP contribution in [0.25, 0.3) is 11.1 Å². The maximum absolute atomic E-state index is 13.6. The van der Waals surface area contributed by atoms with Crippen molar-refractivity contribution in [2.24, 2.45) is 0 Å². The van der Waals surface area contributed by atoms with Gasteiger partial charge in [-0.05, 0) is 66.2 Å². The maximum Gasteiger partial charge on any atom is 0.325 e. The van der Waals surface area contributed by atoms with E-state index in [1.54, 1.807) is 31.0 Å². The first-order valence-corrected chi connectivity index (χ1v) is 14.5. The van der Waals surface area contributed by atoms with Gasteiger partial charge in [0, 0.05) is 12.5 Å². The molecular weight excluding hydrogens is 550 g/mol. The number of hydrogen-bond acceptors (Lipinski definition) is 10. The molecule has 2 amide bonds. The van der Waals surface area contributed by atoms with Crippen LogP contribution in [0.2, 0.25) is 0 Å². The summed E-state index contributed by atoms with van der Waals surface area (Å²) in [5.41, 5.74) is 2.75. The molecule has 0 heterocycles. The summed E-state index contributed by atoms with van der Waals surface area (Å²) in [7, 11) is 5.84. The van der Waals surface area contributed by atoms with Crippen molar-refractivity contribution in [3.8, 4) is 28.4 Å². The van der Waals surface area contributed by atoms with Crippen LogP contribution in [0.4, 0.5) is 5.69 Å². The molecule has 2 aromatic carbocycles. The van der Waals surface area contributed by atoms with Crippen LogP contribution in [-0.4, -0.2) is 70.8 Å². The molecule has 11 nitrogen and oxygen atoms in total. The summed E-state index contributed by atoms with van der Waals surface area (Å²) in [5.74, 6) is 0.755. The molecule has 1 aliphatic carbocycles. The number of aryl methyl sites for hydroxylation is 1. The molecule has 0 aromatic heterocycles. The van der Waals surface area contributed by atoms with Crippen LogP contribution in [0.3, 0.4) is 0 Å². The molecule has 0 radical (unpaired) electrons. The number of carbonyl (C=O) groups is 3. The summed E-state index contributed by atoms with van der Waals surface area (Å²) >= 11 is 1.55. The summed E-state index contributed by atoms with van der Waals surface area (Å²) in [5, 5.41) is 8.61. The number of methoxy groups -OCH3 is 4. The van der Waals surface area contributed by atoms with Gasteiger partial charge in [0.25, 0.3) is 0 Å². The van der Waals surface area contributed by atoms with Crippen LogP contribution in [0.5, 0.6) is 17.2 Å². The van der Waals surface area contributed by atoms with Gasteiger partial charge in [0.2, 0.25) is 23.0 Å². The molecular formula is C29H37N3O8S. The van der Waals surface area contributed by atoms with Gasteiger partial charge in [-0.25, -0.2) is 0 Å². The monoisotopic (exact) mass is 587 g/mol. The Hall–Kier alpha value is -3.93. The van der Waals surface area contributed by atoms with Gasteiger partial charge in [-0.2, -0.15) is 11.8 Å². The van der Waals surface area contributed by atoms with E-state index in [0.717, 1.165) is 11.1 Å². The normalized spacial score (nSPS) is 14.3. The van der Waals surface area contributed by atoms with Gasteiger partial charge in [-0.1, -0.05) is 6.07 Å². The number of nitrogens with one attached hydrogen (secondary N) is 3. The average Bonchev–Trinajstić information content (AvgIpc) is 3.20. The Morgan fingerprint density at radius 2 is 1.78 bits per heavy atom. The van der Waals surface area contributed by atoms with Crippen molar-refractivity contribution >= 4 is 35.2 Å². The Morgan fingerprint density at radius 1 is 1.05 bits per heavy atom. The number of rotatable bonds is 12. The van der Waals surface area contributed by atoms with Crippen LogP contribution in [0, 0.1) is 0 Å². The van der Waals surface area contributed by atoms with E-state index in [2.05, 4.69) is 20.7 Å². The van der Waals surface area contributed by atoms with Gasteiger partial charge in [0.05, 0.1) is 40.2 Å². The lowest BCUT2D eigenvalue weighted by atomic mass is 9.95. The zero-order valence-corrected chi connectivity index (χ0v) is 25.0.